The van der Waals surface area contributed by atoms with E-state index < -0.39 is 0 Å². The highest BCUT2D eigenvalue weighted by Gasteiger charge is 2.21. The fourth-order valence-corrected chi connectivity index (χ4v) is 3.15. The molecule has 2 heterocycles. The van der Waals surface area contributed by atoms with Crippen LogP contribution in [0.1, 0.15) is 55.8 Å². The summed E-state index contributed by atoms with van der Waals surface area (Å²) in [6.45, 7) is 2.09. The van der Waals surface area contributed by atoms with Gasteiger partial charge in [0.1, 0.15) is 11.5 Å². The third-order valence-electron chi connectivity index (χ3n) is 4.14. The van der Waals surface area contributed by atoms with E-state index >= 15 is 0 Å². The first-order valence-electron chi connectivity index (χ1n) is 7.01. The molecule has 0 saturated heterocycles. The molecular weight excluding hydrogens is 222 g/mol. The van der Waals surface area contributed by atoms with Crippen LogP contribution in [0.3, 0.4) is 0 Å². The minimum Gasteiger partial charge on any atom is -0.383 e. The Hall–Kier alpha value is -1.51. The standard InChI is InChI=1S/C15H21N3/c1-11-7-6-10-13-17-14(15(16)18(11)13)12-8-4-2-3-5-9-12/h6-7,10,12H,2-5,8-9,16H2,1H3. The van der Waals surface area contributed by atoms with Gasteiger partial charge in [-0.3, -0.25) is 4.40 Å². The topological polar surface area (TPSA) is 43.3 Å². The largest absolute Gasteiger partial charge is 0.383 e. The van der Waals surface area contributed by atoms with E-state index in [2.05, 4.69) is 17.4 Å². The highest BCUT2D eigenvalue weighted by Crippen LogP contribution is 2.34. The van der Waals surface area contributed by atoms with Crippen molar-refractivity contribution in [3.8, 4) is 0 Å². The molecule has 1 fully saturated rings. The maximum Gasteiger partial charge on any atom is 0.138 e. The van der Waals surface area contributed by atoms with Crippen molar-refractivity contribution in [1.82, 2.24) is 9.38 Å². The van der Waals surface area contributed by atoms with Crippen LogP contribution in [-0.2, 0) is 0 Å². The van der Waals surface area contributed by atoms with E-state index in [1.165, 1.54) is 38.5 Å². The summed E-state index contributed by atoms with van der Waals surface area (Å²) < 4.78 is 2.08. The van der Waals surface area contributed by atoms with Crippen LogP contribution < -0.4 is 5.73 Å². The maximum absolute atomic E-state index is 6.32. The van der Waals surface area contributed by atoms with Gasteiger partial charge in [0, 0.05) is 11.6 Å². The van der Waals surface area contributed by atoms with E-state index in [0.29, 0.717) is 5.92 Å². The number of nitrogens with two attached hydrogens (primary N) is 1. The predicted octanol–water partition coefficient (Wildman–Crippen LogP) is 3.66. The average molecular weight is 243 g/mol. The number of fused-ring (bicyclic) bond motifs is 1. The fourth-order valence-electron chi connectivity index (χ4n) is 3.15. The third-order valence-corrected chi connectivity index (χ3v) is 4.14. The molecule has 3 nitrogen and oxygen atoms in total. The number of imidazole rings is 1. The van der Waals surface area contributed by atoms with Crippen molar-refractivity contribution in [2.24, 2.45) is 0 Å². The molecule has 1 aliphatic rings. The van der Waals surface area contributed by atoms with E-state index in [1.807, 2.05) is 12.1 Å². The van der Waals surface area contributed by atoms with Gasteiger partial charge in [-0.2, -0.15) is 0 Å². The third kappa shape index (κ3) is 1.88. The van der Waals surface area contributed by atoms with Gasteiger partial charge < -0.3 is 5.73 Å². The Bertz CT molecular complexity index is 548. The quantitative estimate of drug-likeness (QED) is 0.777. The van der Waals surface area contributed by atoms with Crippen molar-refractivity contribution < 1.29 is 0 Å². The predicted molar refractivity (Wildman–Crippen MR) is 74.8 cm³/mol. The lowest BCUT2D eigenvalue weighted by Crippen LogP contribution is -2.03. The van der Waals surface area contributed by atoms with E-state index in [9.17, 15) is 0 Å². The highest BCUT2D eigenvalue weighted by molar-refractivity contribution is 5.55. The molecule has 3 rings (SSSR count). The van der Waals surface area contributed by atoms with Gasteiger partial charge in [-0.1, -0.05) is 31.7 Å². The molecule has 0 aromatic carbocycles. The van der Waals surface area contributed by atoms with Crippen LogP contribution in [0.15, 0.2) is 18.2 Å². The summed E-state index contributed by atoms with van der Waals surface area (Å²) >= 11 is 0. The minimum absolute atomic E-state index is 0.562. The summed E-state index contributed by atoms with van der Waals surface area (Å²) in [4.78, 5) is 4.78. The molecule has 2 aromatic rings. The Morgan fingerprint density at radius 3 is 2.56 bits per heavy atom. The number of aromatic nitrogens is 2. The van der Waals surface area contributed by atoms with Gasteiger partial charge in [0.25, 0.3) is 0 Å². The van der Waals surface area contributed by atoms with Crippen molar-refractivity contribution >= 4 is 11.5 Å². The first-order chi connectivity index (χ1) is 8.77. The number of nitrogens with zero attached hydrogens (tertiary/aromatic N) is 2. The monoisotopic (exact) mass is 243 g/mol. The average Bonchev–Trinajstić information content (AvgIpc) is 2.56. The molecule has 0 amide bonds. The van der Waals surface area contributed by atoms with Crippen LogP contribution in [0.5, 0.6) is 0 Å². The molecule has 0 spiro atoms. The van der Waals surface area contributed by atoms with E-state index in [0.717, 1.165) is 22.9 Å². The first-order valence-corrected chi connectivity index (χ1v) is 7.01. The van der Waals surface area contributed by atoms with Crippen LogP contribution in [-0.4, -0.2) is 9.38 Å². The molecule has 0 aliphatic heterocycles. The molecule has 1 aliphatic carbocycles. The van der Waals surface area contributed by atoms with Crippen molar-refractivity contribution in [1.29, 1.82) is 0 Å². The molecular formula is C15H21N3. The maximum atomic E-state index is 6.32. The van der Waals surface area contributed by atoms with Crippen molar-refractivity contribution in [3.05, 3.63) is 29.6 Å². The molecule has 0 radical (unpaired) electrons. The number of rotatable bonds is 1. The minimum atomic E-state index is 0.562. The molecule has 0 bridgehead atoms. The zero-order chi connectivity index (χ0) is 12.5. The highest BCUT2D eigenvalue weighted by atomic mass is 15.1. The van der Waals surface area contributed by atoms with Gasteiger partial charge in [-0.15, -0.1) is 0 Å². The Morgan fingerprint density at radius 1 is 1.17 bits per heavy atom. The second-order valence-electron chi connectivity index (χ2n) is 5.43. The smallest absolute Gasteiger partial charge is 0.138 e. The summed E-state index contributed by atoms with van der Waals surface area (Å²) in [5, 5.41) is 0. The van der Waals surface area contributed by atoms with Gasteiger partial charge in [0.15, 0.2) is 0 Å². The first kappa shape index (κ1) is 11.6. The number of pyridine rings is 1. The summed E-state index contributed by atoms with van der Waals surface area (Å²) in [6, 6.07) is 6.18. The van der Waals surface area contributed by atoms with Gasteiger partial charge in [-0.25, -0.2) is 4.98 Å². The van der Waals surface area contributed by atoms with Crippen LogP contribution in [0.25, 0.3) is 5.65 Å². The Morgan fingerprint density at radius 2 is 1.89 bits per heavy atom. The summed E-state index contributed by atoms with van der Waals surface area (Å²) in [6.07, 6.45) is 7.85. The lowest BCUT2D eigenvalue weighted by Gasteiger charge is -2.12. The Labute approximate surface area is 108 Å². The molecule has 1 saturated carbocycles. The summed E-state index contributed by atoms with van der Waals surface area (Å²) in [5.74, 6) is 1.42. The molecule has 0 atom stereocenters. The lowest BCUT2D eigenvalue weighted by atomic mass is 9.96. The van der Waals surface area contributed by atoms with Gasteiger partial charge in [-0.05, 0) is 31.9 Å². The van der Waals surface area contributed by atoms with Gasteiger partial charge >= 0.3 is 0 Å². The molecule has 18 heavy (non-hydrogen) atoms. The molecule has 2 N–H and O–H groups in total. The zero-order valence-corrected chi connectivity index (χ0v) is 11.0. The van der Waals surface area contributed by atoms with Crippen LogP contribution >= 0.6 is 0 Å². The molecule has 2 aromatic heterocycles. The van der Waals surface area contributed by atoms with E-state index in [-0.39, 0.29) is 0 Å². The second kappa shape index (κ2) is 4.63. The van der Waals surface area contributed by atoms with Gasteiger partial charge in [0.05, 0.1) is 5.69 Å². The van der Waals surface area contributed by atoms with Crippen LogP contribution in [0, 0.1) is 6.92 Å². The van der Waals surface area contributed by atoms with Crippen molar-refractivity contribution in [2.75, 3.05) is 5.73 Å². The summed E-state index contributed by atoms with van der Waals surface area (Å²) in [5.41, 5.74) is 9.61. The Balaban J connectivity index is 2.06. The lowest BCUT2D eigenvalue weighted by molar-refractivity contribution is 0.582. The number of aryl methyl sites for hydroxylation is 1. The van der Waals surface area contributed by atoms with E-state index in [1.54, 1.807) is 0 Å². The molecule has 3 heteroatoms. The number of nitrogen functional groups attached to an aromatic ring is 1. The second-order valence-corrected chi connectivity index (χ2v) is 5.43. The van der Waals surface area contributed by atoms with Crippen LogP contribution in [0.2, 0.25) is 0 Å². The van der Waals surface area contributed by atoms with Crippen LogP contribution in [0.4, 0.5) is 5.82 Å². The van der Waals surface area contributed by atoms with Crippen molar-refractivity contribution in [3.63, 3.8) is 0 Å². The zero-order valence-electron chi connectivity index (χ0n) is 11.0. The number of anilines is 1. The van der Waals surface area contributed by atoms with Gasteiger partial charge in [0.2, 0.25) is 0 Å². The number of hydrogen-bond acceptors (Lipinski definition) is 2. The summed E-state index contributed by atoms with van der Waals surface area (Å²) in [7, 11) is 0. The fraction of sp³-hybridized carbons (Fsp3) is 0.533. The molecule has 0 unspecified atom stereocenters. The van der Waals surface area contributed by atoms with Crippen molar-refractivity contribution in [2.45, 2.75) is 51.4 Å². The Kier molecular flexibility index (Phi) is 2.98. The number of hydrogen-bond donors (Lipinski definition) is 1. The SMILES string of the molecule is Cc1cccc2nc(C3CCCCCC3)c(N)n12. The normalized spacial score (nSPS) is 18.1. The molecule has 96 valence electrons. The van der Waals surface area contributed by atoms with E-state index in [4.69, 9.17) is 10.7 Å².